The van der Waals surface area contributed by atoms with Crippen LogP contribution in [0.4, 0.5) is 0 Å². The molecule has 2 nitrogen and oxygen atoms in total. The minimum absolute atomic E-state index is 0.334. The van der Waals surface area contributed by atoms with E-state index in [1.165, 1.54) is 18.1 Å². The zero-order valence-corrected chi connectivity index (χ0v) is 9.01. The van der Waals surface area contributed by atoms with E-state index in [2.05, 4.69) is 4.74 Å². The number of hydrogen-bond donors (Lipinski definition) is 0. The van der Waals surface area contributed by atoms with E-state index in [-0.39, 0.29) is 5.97 Å². The van der Waals surface area contributed by atoms with Crippen molar-refractivity contribution < 1.29 is 9.53 Å². The van der Waals surface area contributed by atoms with Gasteiger partial charge in [-0.3, -0.25) is 0 Å². The van der Waals surface area contributed by atoms with Gasteiger partial charge in [-0.2, -0.15) is 0 Å². The van der Waals surface area contributed by atoms with Crippen molar-refractivity contribution in [3.8, 4) is 0 Å². The zero-order valence-electron chi connectivity index (χ0n) is 8.19. The molecule has 0 saturated carbocycles. The Bertz CT molecular complexity index is 345. The minimum Gasteiger partial charge on any atom is -0.466 e. The fraction of sp³-hybridized carbons (Fsp3) is 0.182. The highest BCUT2D eigenvalue weighted by Gasteiger charge is 1.93. The first-order chi connectivity index (χ1) is 6.76. The number of thioether (sulfide) groups is 1. The second-order valence-corrected chi connectivity index (χ2v) is 3.51. The van der Waals surface area contributed by atoms with Crippen LogP contribution in [-0.2, 0) is 9.53 Å². The number of carbonyl (C=O) groups excluding carboxylic acids is 1. The maximum absolute atomic E-state index is 10.8. The normalized spacial score (nSPS) is 10.4. The molecule has 0 bridgehead atoms. The number of rotatable bonds is 3. The van der Waals surface area contributed by atoms with E-state index in [9.17, 15) is 4.79 Å². The fourth-order valence-corrected chi connectivity index (χ4v) is 1.45. The summed E-state index contributed by atoms with van der Waals surface area (Å²) in [6, 6.07) is 7.95. The molecule has 0 aliphatic rings. The van der Waals surface area contributed by atoms with Gasteiger partial charge in [-0.05, 0) is 30.0 Å². The van der Waals surface area contributed by atoms with Crippen molar-refractivity contribution in [2.45, 2.75) is 4.90 Å². The standard InChI is InChI=1S/C11H12O2S/c1-13-11(12)7-6-9-4-3-5-10(8-9)14-2/h3-8H,1-2H3. The predicted octanol–water partition coefficient (Wildman–Crippen LogP) is 2.59. The van der Waals surface area contributed by atoms with Gasteiger partial charge in [0.2, 0.25) is 0 Å². The molecule has 0 fully saturated rings. The van der Waals surface area contributed by atoms with E-state index in [0.717, 1.165) is 5.56 Å². The molecule has 14 heavy (non-hydrogen) atoms. The van der Waals surface area contributed by atoms with E-state index in [4.69, 9.17) is 0 Å². The Hall–Kier alpha value is -1.22. The number of esters is 1. The van der Waals surface area contributed by atoms with Crippen LogP contribution < -0.4 is 0 Å². The van der Waals surface area contributed by atoms with Gasteiger partial charge < -0.3 is 4.74 Å². The molecule has 0 aliphatic heterocycles. The third kappa shape index (κ3) is 3.26. The Labute approximate surface area is 88.0 Å². The monoisotopic (exact) mass is 208 g/mol. The van der Waals surface area contributed by atoms with E-state index in [1.807, 2.05) is 30.5 Å². The highest BCUT2D eigenvalue weighted by atomic mass is 32.2. The summed E-state index contributed by atoms with van der Waals surface area (Å²) in [5.41, 5.74) is 1.00. The molecule has 0 amide bonds. The van der Waals surface area contributed by atoms with Crippen LogP contribution in [0, 0.1) is 0 Å². The third-order valence-corrected chi connectivity index (χ3v) is 2.43. The Balaban J connectivity index is 2.76. The van der Waals surface area contributed by atoms with E-state index >= 15 is 0 Å². The van der Waals surface area contributed by atoms with Crippen LogP contribution in [0.1, 0.15) is 5.56 Å². The summed E-state index contributed by atoms with van der Waals surface area (Å²) < 4.78 is 4.50. The van der Waals surface area contributed by atoms with Gasteiger partial charge in [0, 0.05) is 11.0 Å². The zero-order chi connectivity index (χ0) is 10.4. The molecule has 1 aromatic rings. The van der Waals surface area contributed by atoms with Gasteiger partial charge in [0.15, 0.2) is 0 Å². The van der Waals surface area contributed by atoms with Gasteiger partial charge in [0.1, 0.15) is 0 Å². The molecule has 0 radical (unpaired) electrons. The fourth-order valence-electron chi connectivity index (χ4n) is 0.977. The van der Waals surface area contributed by atoms with E-state index < -0.39 is 0 Å². The molecule has 1 aromatic carbocycles. The van der Waals surface area contributed by atoms with Crippen molar-refractivity contribution in [3.63, 3.8) is 0 Å². The highest BCUT2D eigenvalue weighted by Crippen LogP contribution is 2.16. The van der Waals surface area contributed by atoms with E-state index in [1.54, 1.807) is 17.8 Å². The van der Waals surface area contributed by atoms with Crippen molar-refractivity contribution in [3.05, 3.63) is 35.9 Å². The predicted molar refractivity (Wildman–Crippen MR) is 59.3 cm³/mol. The summed E-state index contributed by atoms with van der Waals surface area (Å²) in [6.07, 6.45) is 5.17. The Kier molecular flexibility index (Phi) is 4.26. The topological polar surface area (TPSA) is 26.3 Å². The number of ether oxygens (including phenoxy) is 1. The molecule has 0 N–H and O–H groups in total. The minimum atomic E-state index is -0.334. The summed E-state index contributed by atoms with van der Waals surface area (Å²) in [5, 5.41) is 0. The summed E-state index contributed by atoms with van der Waals surface area (Å²) >= 11 is 1.67. The van der Waals surface area contributed by atoms with Crippen molar-refractivity contribution in [2.24, 2.45) is 0 Å². The molecule has 0 aromatic heterocycles. The van der Waals surface area contributed by atoms with Gasteiger partial charge in [-0.1, -0.05) is 12.1 Å². The number of benzene rings is 1. The first kappa shape index (κ1) is 10.9. The quantitative estimate of drug-likeness (QED) is 0.434. The number of hydrogen-bond acceptors (Lipinski definition) is 3. The van der Waals surface area contributed by atoms with Crippen LogP contribution in [0.15, 0.2) is 35.2 Å². The molecular weight excluding hydrogens is 196 g/mol. The van der Waals surface area contributed by atoms with Crippen LogP contribution in [0.5, 0.6) is 0 Å². The van der Waals surface area contributed by atoms with Crippen LogP contribution in [-0.4, -0.2) is 19.3 Å². The maximum atomic E-state index is 10.8. The van der Waals surface area contributed by atoms with Crippen molar-refractivity contribution >= 4 is 23.8 Å². The molecule has 1 rings (SSSR count). The van der Waals surface area contributed by atoms with Crippen molar-refractivity contribution in [1.82, 2.24) is 0 Å². The maximum Gasteiger partial charge on any atom is 0.330 e. The summed E-state index contributed by atoms with van der Waals surface area (Å²) in [4.78, 5) is 12.0. The molecule has 0 unspecified atom stereocenters. The van der Waals surface area contributed by atoms with Gasteiger partial charge in [-0.25, -0.2) is 4.79 Å². The smallest absolute Gasteiger partial charge is 0.330 e. The van der Waals surface area contributed by atoms with Crippen LogP contribution in [0.2, 0.25) is 0 Å². The first-order valence-corrected chi connectivity index (χ1v) is 5.39. The SMILES string of the molecule is COC(=O)C=Cc1cccc(SC)c1. The lowest BCUT2D eigenvalue weighted by atomic mass is 10.2. The van der Waals surface area contributed by atoms with Gasteiger partial charge in [0.05, 0.1) is 7.11 Å². The molecular formula is C11H12O2S. The average molecular weight is 208 g/mol. The molecule has 74 valence electrons. The van der Waals surface area contributed by atoms with Crippen LogP contribution >= 0.6 is 11.8 Å². The summed E-state index contributed by atoms with van der Waals surface area (Å²) in [7, 11) is 1.37. The Morgan fingerprint density at radius 1 is 1.50 bits per heavy atom. The lowest BCUT2D eigenvalue weighted by Crippen LogP contribution is -1.93. The number of methoxy groups -OCH3 is 1. The molecule has 3 heteroatoms. The van der Waals surface area contributed by atoms with Crippen LogP contribution in [0.3, 0.4) is 0 Å². The van der Waals surface area contributed by atoms with Crippen molar-refractivity contribution in [1.29, 1.82) is 0 Å². The average Bonchev–Trinajstić information content (AvgIpc) is 2.26. The molecule has 0 atom stereocenters. The third-order valence-electron chi connectivity index (χ3n) is 1.71. The van der Waals surface area contributed by atoms with Gasteiger partial charge in [0.25, 0.3) is 0 Å². The molecule has 0 aliphatic carbocycles. The largest absolute Gasteiger partial charge is 0.466 e. The number of carbonyl (C=O) groups is 1. The Morgan fingerprint density at radius 2 is 2.29 bits per heavy atom. The van der Waals surface area contributed by atoms with Crippen LogP contribution in [0.25, 0.3) is 6.08 Å². The highest BCUT2D eigenvalue weighted by molar-refractivity contribution is 7.98. The van der Waals surface area contributed by atoms with Gasteiger partial charge in [-0.15, -0.1) is 11.8 Å². The van der Waals surface area contributed by atoms with Gasteiger partial charge >= 0.3 is 5.97 Å². The second kappa shape index (κ2) is 5.50. The molecule has 0 heterocycles. The summed E-state index contributed by atoms with van der Waals surface area (Å²) in [5.74, 6) is -0.334. The molecule has 0 saturated heterocycles. The lowest BCUT2D eigenvalue weighted by Gasteiger charge is -1.97. The molecule has 0 spiro atoms. The lowest BCUT2D eigenvalue weighted by molar-refractivity contribution is -0.134. The second-order valence-electron chi connectivity index (χ2n) is 2.63. The Morgan fingerprint density at radius 3 is 2.93 bits per heavy atom. The summed E-state index contributed by atoms with van der Waals surface area (Å²) in [6.45, 7) is 0. The van der Waals surface area contributed by atoms with Crippen molar-refractivity contribution in [2.75, 3.05) is 13.4 Å². The van der Waals surface area contributed by atoms with E-state index in [0.29, 0.717) is 0 Å². The first-order valence-electron chi connectivity index (χ1n) is 4.16.